The molecule has 0 bridgehead atoms. The van der Waals surface area contributed by atoms with Crippen molar-refractivity contribution >= 4 is 11.7 Å². The molecule has 0 saturated carbocycles. The maximum atomic E-state index is 12.3. The van der Waals surface area contributed by atoms with E-state index in [1.807, 2.05) is 18.2 Å². The number of nitrogens with one attached hydrogen (secondary N) is 1. The number of alkyl halides is 3. The molecule has 160 valence electrons. The van der Waals surface area contributed by atoms with Crippen molar-refractivity contribution in [1.29, 1.82) is 0 Å². The van der Waals surface area contributed by atoms with Gasteiger partial charge < -0.3 is 10.1 Å². The summed E-state index contributed by atoms with van der Waals surface area (Å²) in [5, 5.41) is 2.76. The molecule has 0 saturated heterocycles. The highest BCUT2D eigenvalue weighted by atomic mass is 19.4. The molecule has 1 aliphatic carbocycles. The van der Waals surface area contributed by atoms with Gasteiger partial charge in [0.15, 0.2) is 5.78 Å². The Bertz CT molecular complexity index is 892. The largest absolute Gasteiger partial charge is 0.411 e. The van der Waals surface area contributed by atoms with E-state index in [1.165, 1.54) is 11.1 Å². The number of carbonyl (C=O) groups is 2. The molecule has 0 aliphatic heterocycles. The number of fused-ring (bicyclic) bond motifs is 1. The van der Waals surface area contributed by atoms with Crippen LogP contribution in [0.5, 0.6) is 0 Å². The summed E-state index contributed by atoms with van der Waals surface area (Å²) in [6, 6.07) is 12.6. The molecule has 0 aromatic heterocycles. The Hall–Kier alpha value is -2.67. The summed E-state index contributed by atoms with van der Waals surface area (Å²) < 4.78 is 40.8. The maximum Gasteiger partial charge on any atom is 0.411 e. The molecule has 0 spiro atoms. The van der Waals surface area contributed by atoms with E-state index >= 15 is 0 Å². The third-order valence-corrected chi connectivity index (χ3v) is 5.05. The number of rotatable bonds is 9. The van der Waals surface area contributed by atoms with Crippen molar-refractivity contribution < 1.29 is 27.5 Å². The van der Waals surface area contributed by atoms with Crippen LogP contribution < -0.4 is 5.32 Å². The lowest BCUT2D eigenvalue weighted by molar-refractivity contribution is -0.176. The highest BCUT2D eigenvalue weighted by molar-refractivity contribution is 5.98. The van der Waals surface area contributed by atoms with Crippen LogP contribution in [0.2, 0.25) is 0 Å². The molecule has 7 heteroatoms. The average Bonchev–Trinajstić information content (AvgIpc) is 3.18. The first-order chi connectivity index (χ1) is 14.3. The summed E-state index contributed by atoms with van der Waals surface area (Å²) in [7, 11) is 0. The summed E-state index contributed by atoms with van der Waals surface area (Å²) in [6.45, 7) is -1.12. The fourth-order valence-electron chi connectivity index (χ4n) is 3.44. The van der Waals surface area contributed by atoms with E-state index < -0.39 is 12.8 Å². The van der Waals surface area contributed by atoms with Crippen LogP contribution in [0.1, 0.15) is 51.9 Å². The molecule has 0 unspecified atom stereocenters. The zero-order valence-corrected chi connectivity index (χ0v) is 16.6. The van der Waals surface area contributed by atoms with E-state index in [-0.39, 0.29) is 37.7 Å². The van der Waals surface area contributed by atoms with Gasteiger partial charge in [0, 0.05) is 24.9 Å². The van der Waals surface area contributed by atoms with Crippen molar-refractivity contribution in [2.75, 3.05) is 6.61 Å². The van der Waals surface area contributed by atoms with E-state index in [9.17, 15) is 22.8 Å². The fourth-order valence-corrected chi connectivity index (χ4v) is 3.44. The van der Waals surface area contributed by atoms with Crippen molar-refractivity contribution in [3.8, 4) is 0 Å². The number of carbonyl (C=O) groups excluding carboxylic acids is 2. The lowest BCUT2D eigenvalue weighted by Gasteiger charge is -2.09. The van der Waals surface area contributed by atoms with Gasteiger partial charge in [0.1, 0.15) is 6.61 Å². The van der Waals surface area contributed by atoms with Crippen LogP contribution in [0, 0.1) is 0 Å². The number of ether oxygens (including phenoxy) is 1. The van der Waals surface area contributed by atoms with E-state index in [2.05, 4.69) is 10.1 Å². The van der Waals surface area contributed by atoms with Gasteiger partial charge in [-0.1, -0.05) is 36.4 Å². The highest BCUT2D eigenvalue weighted by Gasteiger charge is 2.27. The van der Waals surface area contributed by atoms with Crippen LogP contribution >= 0.6 is 0 Å². The third-order valence-electron chi connectivity index (χ3n) is 5.05. The van der Waals surface area contributed by atoms with Crippen molar-refractivity contribution in [2.45, 2.75) is 51.4 Å². The maximum absolute atomic E-state index is 12.3. The van der Waals surface area contributed by atoms with E-state index in [4.69, 9.17) is 0 Å². The minimum atomic E-state index is -4.34. The van der Waals surface area contributed by atoms with Gasteiger partial charge in [0.05, 0.1) is 6.61 Å². The Kier molecular flexibility index (Phi) is 7.26. The van der Waals surface area contributed by atoms with Crippen molar-refractivity contribution in [1.82, 2.24) is 5.32 Å². The van der Waals surface area contributed by atoms with Crippen molar-refractivity contribution in [2.24, 2.45) is 0 Å². The number of hydrogen-bond acceptors (Lipinski definition) is 3. The molecule has 1 amide bonds. The van der Waals surface area contributed by atoms with Gasteiger partial charge in [0.2, 0.25) is 5.91 Å². The predicted molar refractivity (Wildman–Crippen MR) is 106 cm³/mol. The molecule has 0 heterocycles. The van der Waals surface area contributed by atoms with Crippen LogP contribution in [-0.4, -0.2) is 24.5 Å². The van der Waals surface area contributed by atoms with Gasteiger partial charge in [0.25, 0.3) is 0 Å². The minimum absolute atomic E-state index is 0.0388. The first-order valence-corrected chi connectivity index (χ1v) is 9.94. The van der Waals surface area contributed by atoms with Gasteiger partial charge in [-0.2, -0.15) is 13.2 Å². The summed E-state index contributed by atoms with van der Waals surface area (Å²) >= 11 is 0. The second kappa shape index (κ2) is 9.89. The Morgan fingerprint density at radius 2 is 1.63 bits per heavy atom. The number of aryl methyl sites for hydroxylation is 2. The molecule has 3 rings (SSSR count). The number of ketones is 1. The van der Waals surface area contributed by atoms with Gasteiger partial charge in [-0.15, -0.1) is 0 Å². The molecular weight excluding hydrogens is 395 g/mol. The number of benzene rings is 2. The molecule has 0 fully saturated rings. The van der Waals surface area contributed by atoms with E-state index in [0.29, 0.717) is 11.1 Å². The molecule has 4 nitrogen and oxygen atoms in total. The number of hydrogen-bond donors (Lipinski definition) is 1. The predicted octanol–water partition coefficient (Wildman–Crippen LogP) is 4.53. The zero-order valence-electron chi connectivity index (χ0n) is 16.6. The monoisotopic (exact) mass is 419 g/mol. The van der Waals surface area contributed by atoms with Crippen LogP contribution in [0.25, 0.3) is 0 Å². The van der Waals surface area contributed by atoms with Crippen LogP contribution in [0.4, 0.5) is 13.2 Å². The summed E-state index contributed by atoms with van der Waals surface area (Å²) in [5.74, 6) is -0.259. The Morgan fingerprint density at radius 1 is 0.933 bits per heavy atom. The quantitative estimate of drug-likeness (QED) is 0.608. The second-order valence-electron chi connectivity index (χ2n) is 7.46. The van der Waals surface area contributed by atoms with E-state index in [1.54, 1.807) is 24.3 Å². The fraction of sp³-hybridized carbons (Fsp3) is 0.391. The SMILES string of the molecule is O=C(CCC(=O)c1ccc2c(c1)CCC2)NCc1ccc(COCC(F)(F)F)cc1. The summed E-state index contributed by atoms with van der Waals surface area (Å²) in [6.07, 6.45) is -0.888. The lowest BCUT2D eigenvalue weighted by Crippen LogP contribution is -2.23. The van der Waals surface area contributed by atoms with E-state index in [0.717, 1.165) is 24.8 Å². The Balaban J connectivity index is 1.38. The number of amides is 1. The zero-order chi connectivity index (χ0) is 21.6. The van der Waals surface area contributed by atoms with Gasteiger partial charge in [-0.25, -0.2) is 0 Å². The third kappa shape index (κ3) is 6.69. The molecule has 2 aromatic rings. The van der Waals surface area contributed by atoms with Crippen molar-refractivity contribution in [3.63, 3.8) is 0 Å². The summed E-state index contributed by atoms with van der Waals surface area (Å²) in [4.78, 5) is 24.4. The Labute approximate surface area is 173 Å². The molecule has 0 atom stereocenters. The first kappa shape index (κ1) is 22.0. The molecule has 0 radical (unpaired) electrons. The highest BCUT2D eigenvalue weighted by Crippen LogP contribution is 2.23. The molecule has 1 aliphatic rings. The standard InChI is InChI=1S/C23H24F3NO3/c24-23(25,26)15-30-14-17-6-4-16(5-7-17)13-27-22(29)11-10-21(28)20-9-8-18-2-1-3-19(18)12-20/h4-9,12H,1-3,10-11,13-15H2,(H,27,29). The smallest absolute Gasteiger partial charge is 0.367 e. The van der Waals surface area contributed by atoms with Crippen LogP contribution in [0.15, 0.2) is 42.5 Å². The number of Topliss-reactive ketones (excluding diaryl/α,β-unsaturated/α-hetero) is 1. The van der Waals surface area contributed by atoms with Crippen LogP contribution in [-0.2, 0) is 35.5 Å². The second-order valence-corrected chi connectivity index (χ2v) is 7.46. The topological polar surface area (TPSA) is 55.4 Å². The normalized spacial score (nSPS) is 13.2. The Morgan fingerprint density at radius 3 is 2.37 bits per heavy atom. The van der Waals surface area contributed by atoms with Gasteiger partial charge in [-0.3, -0.25) is 9.59 Å². The lowest BCUT2D eigenvalue weighted by atomic mass is 10.0. The van der Waals surface area contributed by atoms with Gasteiger partial charge in [-0.05, 0) is 47.6 Å². The molecule has 1 N–H and O–H groups in total. The molecular formula is C23H24F3NO3. The number of halogens is 3. The van der Waals surface area contributed by atoms with Crippen molar-refractivity contribution in [3.05, 3.63) is 70.3 Å². The molecule has 30 heavy (non-hydrogen) atoms. The first-order valence-electron chi connectivity index (χ1n) is 9.94. The van der Waals surface area contributed by atoms with Crippen LogP contribution in [0.3, 0.4) is 0 Å². The molecule has 2 aromatic carbocycles. The summed E-state index contributed by atoms with van der Waals surface area (Å²) in [5.41, 5.74) is 4.63. The van der Waals surface area contributed by atoms with Gasteiger partial charge >= 0.3 is 6.18 Å². The minimum Gasteiger partial charge on any atom is -0.367 e. The average molecular weight is 419 g/mol.